The maximum Gasteiger partial charge on any atom is 0.271 e. The highest BCUT2D eigenvalue weighted by Gasteiger charge is 2.05. The van der Waals surface area contributed by atoms with Crippen molar-refractivity contribution in [3.63, 3.8) is 0 Å². The first kappa shape index (κ1) is 14.9. The van der Waals surface area contributed by atoms with Crippen molar-refractivity contribution in [3.8, 4) is 0 Å². The highest BCUT2D eigenvalue weighted by molar-refractivity contribution is 6.02. The summed E-state index contributed by atoms with van der Waals surface area (Å²) in [6.07, 6.45) is 1.76. The number of nitrogens with zero attached hydrogens (tertiary/aromatic N) is 2. The Balaban J connectivity index is 1.79. The van der Waals surface area contributed by atoms with Crippen LogP contribution in [0, 0.1) is 6.92 Å². The Morgan fingerprint density at radius 2 is 1.87 bits per heavy atom. The van der Waals surface area contributed by atoms with Crippen LogP contribution in [0.25, 0.3) is 10.9 Å². The summed E-state index contributed by atoms with van der Waals surface area (Å²) in [4.78, 5) is 16.5. The van der Waals surface area contributed by atoms with E-state index in [2.05, 4.69) is 15.5 Å². The summed E-state index contributed by atoms with van der Waals surface area (Å²) in [5.74, 6) is -0.221. The lowest BCUT2D eigenvalue weighted by molar-refractivity contribution is 0.0954. The van der Waals surface area contributed by atoms with Crippen molar-refractivity contribution < 1.29 is 4.79 Å². The average Bonchev–Trinajstić information content (AvgIpc) is 2.59. The molecule has 0 aliphatic carbocycles. The topological polar surface area (TPSA) is 54.4 Å². The molecule has 1 amide bonds. The lowest BCUT2D eigenvalue weighted by Crippen LogP contribution is -2.19. The zero-order valence-corrected chi connectivity index (χ0v) is 13.1. The van der Waals surface area contributed by atoms with Gasteiger partial charge in [0.1, 0.15) is 0 Å². The number of aromatic nitrogens is 1. The molecule has 0 fully saturated rings. The Hall–Kier alpha value is -3.01. The minimum absolute atomic E-state index is 0.221. The predicted octanol–water partition coefficient (Wildman–Crippen LogP) is 3.70. The SMILES string of the molecule is CC(=NNC(=O)c1cccc(C)c1)c1cnc2ccccc2c1. The zero-order valence-electron chi connectivity index (χ0n) is 13.1. The minimum Gasteiger partial charge on any atom is -0.267 e. The summed E-state index contributed by atoms with van der Waals surface area (Å²) in [5, 5.41) is 5.23. The van der Waals surface area contributed by atoms with Crippen molar-refractivity contribution >= 4 is 22.5 Å². The number of hydrazone groups is 1. The molecule has 0 radical (unpaired) electrons. The van der Waals surface area contributed by atoms with Gasteiger partial charge in [-0.05, 0) is 38.1 Å². The van der Waals surface area contributed by atoms with Gasteiger partial charge in [0.2, 0.25) is 0 Å². The number of rotatable bonds is 3. The second kappa shape index (κ2) is 6.40. The second-order valence-electron chi connectivity index (χ2n) is 5.42. The molecule has 4 nitrogen and oxygen atoms in total. The summed E-state index contributed by atoms with van der Waals surface area (Å²) in [5.41, 5.74) is 6.76. The Bertz CT molecular complexity index is 900. The van der Waals surface area contributed by atoms with Crippen LogP contribution < -0.4 is 5.43 Å². The van der Waals surface area contributed by atoms with E-state index in [-0.39, 0.29) is 5.91 Å². The normalized spacial score (nSPS) is 11.5. The number of aryl methyl sites for hydroxylation is 1. The molecule has 23 heavy (non-hydrogen) atoms. The molecule has 0 unspecified atom stereocenters. The minimum atomic E-state index is -0.221. The van der Waals surface area contributed by atoms with E-state index in [0.717, 1.165) is 22.0 Å². The van der Waals surface area contributed by atoms with Gasteiger partial charge in [-0.2, -0.15) is 5.10 Å². The molecule has 1 N–H and O–H groups in total. The molecule has 0 aliphatic heterocycles. The monoisotopic (exact) mass is 303 g/mol. The highest BCUT2D eigenvalue weighted by atomic mass is 16.2. The number of para-hydroxylation sites is 1. The van der Waals surface area contributed by atoms with E-state index in [9.17, 15) is 4.79 Å². The summed E-state index contributed by atoms with van der Waals surface area (Å²) in [6.45, 7) is 3.80. The van der Waals surface area contributed by atoms with Crippen LogP contribution >= 0.6 is 0 Å². The molecule has 1 aromatic heterocycles. The number of benzene rings is 2. The fourth-order valence-electron chi connectivity index (χ4n) is 2.32. The molecule has 3 aromatic rings. The third-order valence-electron chi connectivity index (χ3n) is 3.61. The number of carbonyl (C=O) groups is 1. The van der Waals surface area contributed by atoms with E-state index >= 15 is 0 Å². The maximum atomic E-state index is 12.1. The number of hydrogen-bond donors (Lipinski definition) is 1. The van der Waals surface area contributed by atoms with Crippen molar-refractivity contribution in [2.75, 3.05) is 0 Å². The predicted molar refractivity (Wildman–Crippen MR) is 92.6 cm³/mol. The van der Waals surface area contributed by atoms with Crippen molar-refractivity contribution in [2.24, 2.45) is 5.10 Å². The Morgan fingerprint density at radius 1 is 1.04 bits per heavy atom. The Morgan fingerprint density at radius 3 is 2.70 bits per heavy atom. The lowest BCUT2D eigenvalue weighted by atomic mass is 10.1. The van der Waals surface area contributed by atoms with Crippen molar-refractivity contribution in [1.82, 2.24) is 10.4 Å². The van der Waals surface area contributed by atoms with Gasteiger partial charge in [-0.25, -0.2) is 5.43 Å². The van der Waals surface area contributed by atoms with E-state index in [1.165, 1.54) is 0 Å². The number of carbonyl (C=O) groups excluding carboxylic acids is 1. The van der Waals surface area contributed by atoms with Crippen molar-refractivity contribution in [2.45, 2.75) is 13.8 Å². The van der Waals surface area contributed by atoms with E-state index < -0.39 is 0 Å². The second-order valence-corrected chi connectivity index (χ2v) is 5.42. The fraction of sp³-hybridized carbons (Fsp3) is 0.105. The van der Waals surface area contributed by atoms with Crippen LogP contribution in [0.5, 0.6) is 0 Å². The molecule has 2 aromatic carbocycles. The van der Waals surface area contributed by atoms with Gasteiger partial charge in [0.05, 0.1) is 11.2 Å². The smallest absolute Gasteiger partial charge is 0.267 e. The first-order chi connectivity index (χ1) is 11.1. The summed E-state index contributed by atoms with van der Waals surface area (Å²) >= 11 is 0. The highest BCUT2D eigenvalue weighted by Crippen LogP contribution is 2.13. The Kier molecular flexibility index (Phi) is 4.15. The molecule has 0 bridgehead atoms. The van der Waals surface area contributed by atoms with E-state index in [0.29, 0.717) is 11.3 Å². The van der Waals surface area contributed by atoms with Crippen LogP contribution in [0.15, 0.2) is 65.9 Å². The third-order valence-corrected chi connectivity index (χ3v) is 3.61. The zero-order chi connectivity index (χ0) is 16.2. The molecule has 4 heteroatoms. The molecule has 0 atom stereocenters. The van der Waals surface area contributed by atoms with Gasteiger partial charge in [-0.3, -0.25) is 9.78 Å². The molecule has 1 heterocycles. The third kappa shape index (κ3) is 3.43. The van der Waals surface area contributed by atoms with Crippen LogP contribution in [0.3, 0.4) is 0 Å². The number of amides is 1. The van der Waals surface area contributed by atoms with Gasteiger partial charge in [0, 0.05) is 22.7 Å². The molecular weight excluding hydrogens is 286 g/mol. The fourth-order valence-corrected chi connectivity index (χ4v) is 2.32. The number of pyridine rings is 1. The number of fused-ring (bicyclic) bond motifs is 1. The lowest BCUT2D eigenvalue weighted by Gasteiger charge is -2.05. The average molecular weight is 303 g/mol. The van der Waals surface area contributed by atoms with Crippen LogP contribution in [0.4, 0.5) is 0 Å². The summed E-state index contributed by atoms with van der Waals surface area (Å²) in [6, 6.07) is 17.3. The number of nitrogens with one attached hydrogen (secondary N) is 1. The van der Waals surface area contributed by atoms with Gasteiger partial charge < -0.3 is 0 Å². The molecule has 0 spiro atoms. The van der Waals surface area contributed by atoms with Crippen LogP contribution in [0.2, 0.25) is 0 Å². The molecule has 3 rings (SSSR count). The van der Waals surface area contributed by atoms with Crippen LogP contribution in [0.1, 0.15) is 28.4 Å². The molecule has 0 saturated heterocycles. The quantitative estimate of drug-likeness (QED) is 0.592. The van der Waals surface area contributed by atoms with Gasteiger partial charge >= 0.3 is 0 Å². The number of hydrogen-bond acceptors (Lipinski definition) is 3. The van der Waals surface area contributed by atoms with Gasteiger partial charge in [0.15, 0.2) is 0 Å². The van der Waals surface area contributed by atoms with Crippen LogP contribution in [-0.4, -0.2) is 16.6 Å². The van der Waals surface area contributed by atoms with Crippen molar-refractivity contribution in [1.29, 1.82) is 0 Å². The van der Waals surface area contributed by atoms with E-state index in [1.807, 2.05) is 62.4 Å². The first-order valence-corrected chi connectivity index (χ1v) is 7.40. The molecule has 0 aliphatic rings. The van der Waals surface area contributed by atoms with E-state index in [4.69, 9.17) is 0 Å². The molecular formula is C19H17N3O. The standard InChI is InChI=1S/C19H17N3O/c1-13-6-5-8-16(10-13)19(23)22-21-14(2)17-11-15-7-3-4-9-18(15)20-12-17/h3-12H,1-2H3,(H,22,23). The van der Waals surface area contributed by atoms with Gasteiger partial charge in [-0.1, -0.05) is 35.9 Å². The first-order valence-electron chi connectivity index (χ1n) is 7.40. The van der Waals surface area contributed by atoms with E-state index in [1.54, 1.807) is 12.3 Å². The van der Waals surface area contributed by atoms with Gasteiger partial charge in [-0.15, -0.1) is 0 Å². The van der Waals surface area contributed by atoms with Crippen LogP contribution in [-0.2, 0) is 0 Å². The summed E-state index contributed by atoms with van der Waals surface area (Å²) < 4.78 is 0. The summed E-state index contributed by atoms with van der Waals surface area (Å²) in [7, 11) is 0. The Labute approximate surface area is 134 Å². The molecule has 114 valence electrons. The molecule has 0 saturated carbocycles. The largest absolute Gasteiger partial charge is 0.271 e. The maximum absolute atomic E-state index is 12.1. The van der Waals surface area contributed by atoms with Gasteiger partial charge in [0.25, 0.3) is 5.91 Å². The van der Waals surface area contributed by atoms with Crippen molar-refractivity contribution in [3.05, 3.63) is 77.5 Å².